The molecule has 1 fully saturated rings. The van der Waals surface area contributed by atoms with Crippen molar-refractivity contribution in [3.63, 3.8) is 0 Å². The maximum atomic E-state index is 12.7. The third-order valence-corrected chi connectivity index (χ3v) is 6.57. The van der Waals surface area contributed by atoms with Gasteiger partial charge in [-0.05, 0) is 24.5 Å². The first-order valence-electron chi connectivity index (χ1n) is 8.37. The summed E-state index contributed by atoms with van der Waals surface area (Å²) in [6.07, 6.45) is 4.21. The SMILES string of the molecule is Cn1cnc(S(=O)(=O)N2CCCC(C(=O)NCc3ccccc3Cl)C2)c1. The lowest BCUT2D eigenvalue weighted by Crippen LogP contribution is -2.45. The van der Waals surface area contributed by atoms with Crippen LogP contribution in [0.15, 0.2) is 41.8 Å². The van der Waals surface area contributed by atoms with Gasteiger partial charge in [-0.2, -0.15) is 4.31 Å². The molecule has 1 saturated heterocycles. The van der Waals surface area contributed by atoms with E-state index in [-0.39, 0.29) is 23.4 Å². The highest BCUT2D eigenvalue weighted by atomic mass is 35.5. The van der Waals surface area contributed by atoms with Crippen molar-refractivity contribution in [2.24, 2.45) is 13.0 Å². The number of benzene rings is 1. The lowest BCUT2D eigenvalue weighted by Gasteiger charge is -2.30. The van der Waals surface area contributed by atoms with Gasteiger partial charge in [0.05, 0.1) is 12.2 Å². The van der Waals surface area contributed by atoms with Crippen LogP contribution in [0.25, 0.3) is 0 Å². The molecule has 1 aromatic carbocycles. The number of piperidine rings is 1. The van der Waals surface area contributed by atoms with Crippen molar-refractivity contribution in [1.29, 1.82) is 0 Å². The van der Waals surface area contributed by atoms with Crippen LogP contribution in [0, 0.1) is 5.92 Å². The predicted molar refractivity (Wildman–Crippen MR) is 98.0 cm³/mol. The van der Waals surface area contributed by atoms with Crippen molar-refractivity contribution < 1.29 is 13.2 Å². The average molecular weight is 397 g/mol. The number of rotatable bonds is 5. The molecule has 140 valence electrons. The maximum absolute atomic E-state index is 12.7. The lowest BCUT2D eigenvalue weighted by molar-refractivity contribution is -0.126. The summed E-state index contributed by atoms with van der Waals surface area (Å²) in [4.78, 5) is 16.4. The van der Waals surface area contributed by atoms with Gasteiger partial charge in [0.25, 0.3) is 10.0 Å². The third-order valence-electron chi connectivity index (χ3n) is 4.45. The number of aromatic nitrogens is 2. The molecule has 0 aliphatic carbocycles. The van der Waals surface area contributed by atoms with Gasteiger partial charge >= 0.3 is 0 Å². The summed E-state index contributed by atoms with van der Waals surface area (Å²) in [7, 11) is -1.97. The summed E-state index contributed by atoms with van der Waals surface area (Å²) in [6, 6.07) is 7.30. The van der Waals surface area contributed by atoms with Crippen LogP contribution in [-0.4, -0.2) is 41.3 Å². The number of aryl methyl sites for hydroxylation is 1. The van der Waals surface area contributed by atoms with Crippen molar-refractivity contribution in [3.05, 3.63) is 47.4 Å². The van der Waals surface area contributed by atoms with Crippen molar-refractivity contribution in [2.45, 2.75) is 24.4 Å². The Balaban J connectivity index is 1.64. The Morgan fingerprint density at radius 2 is 2.15 bits per heavy atom. The smallest absolute Gasteiger partial charge is 0.262 e. The molecule has 0 saturated carbocycles. The summed E-state index contributed by atoms with van der Waals surface area (Å²) in [5, 5.41) is 3.47. The quantitative estimate of drug-likeness (QED) is 0.835. The first-order chi connectivity index (χ1) is 12.4. The highest BCUT2D eigenvalue weighted by molar-refractivity contribution is 7.89. The van der Waals surface area contributed by atoms with E-state index < -0.39 is 10.0 Å². The Hall–Kier alpha value is -1.90. The van der Waals surface area contributed by atoms with E-state index >= 15 is 0 Å². The number of amides is 1. The largest absolute Gasteiger partial charge is 0.352 e. The maximum Gasteiger partial charge on any atom is 0.262 e. The Morgan fingerprint density at radius 1 is 1.38 bits per heavy atom. The fourth-order valence-electron chi connectivity index (χ4n) is 3.00. The van der Waals surface area contributed by atoms with Crippen LogP contribution >= 0.6 is 11.6 Å². The molecule has 1 aliphatic rings. The van der Waals surface area contributed by atoms with E-state index in [1.165, 1.54) is 16.8 Å². The van der Waals surface area contributed by atoms with Gasteiger partial charge in [0, 0.05) is 37.9 Å². The summed E-state index contributed by atoms with van der Waals surface area (Å²) in [5.41, 5.74) is 0.830. The Morgan fingerprint density at radius 3 is 2.85 bits per heavy atom. The molecule has 1 atom stereocenters. The van der Waals surface area contributed by atoms with Crippen molar-refractivity contribution in [3.8, 4) is 0 Å². The molecule has 1 N–H and O–H groups in total. The van der Waals surface area contributed by atoms with Gasteiger partial charge < -0.3 is 9.88 Å². The minimum Gasteiger partial charge on any atom is -0.352 e. The number of carbonyl (C=O) groups excluding carboxylic acids is 1. The van der Waals surface area contributed by atoms with Gasteiger partial charge in [0.1, 0.15) is 0 Å². The summed E-state index contributed by atoms with van der Waals surface area (Å²) in [6.45, 7) is 0.877. The molecule has 0 radical (unpaired) electrons. The number of halogens is 1. The second kappa shape index (κ2) is 7.77. The van der Waals surface area contributed by atoms with Crippen LogP contribution in [0.4, 0.5) is 0 Å². The highest BCUT2D eigenvalue weighted by Crippen LogP contribution is 2.23. The third kappa shape index (κ3) is 4.08. The average Bonchev–Trinajstić information content (AvgIpc) is 3.08. The standard InChI is InChI=1S/C17H21ClN4O3S/c1-21-11-16(20-12-21)26(24,25)22-8-4-6-14(10-22)17(23)19-9-13-5-2-3-7-15(13)18/h2-3,5,7,11-12,14H,4,6,8-10H2,1H3,(H,19,23). The number of nitrogens with one attached hydrogen (secondary N) is 1. The van der Waals surface area contributed by atoms with Gasteiger partial charge in [-0.3, -0.25) is 4.79 Å². The minimum atomic E-state index is -3.68. The summed E-state index contributed by atoms with van der Waals surface area (Å²) < 4.78 is 28.3. The predicted octanol–water partition coefficient (Wildman–Crippen LogP) is 1.79. The fourth-order valence-corrected chi connectivity index (χ4v) is 4.69. The van der Waals surface area contributed by atoms with Crippen molar-refractivity contribution >= 4 is 27.5 Å². The van der Waals surface area contributed by atoms with Crippen molar-refractivity contribution in [1.82, 2.24) is 19.2 Å². The number of hydrogen-bond donors (Lipinski definition) is 1. The van der Waals surface area contributed by atoms with Crippen LogP contribution in [0.1, 0.15) is 18.4 Å². The molecule has 0 spiro atoms. The first kappa shape index (κ1) is 18.9. The molecule has 7 nitrogen and oxygen atoms in total. The number of nitrogens with zero attached hydrogens (tertiary/aromatic N) is 3. The normalized spacial score (nSPS) is 18.6. The topological polar surface area (TPSA) is 84.3 Å². The number of carbonyl (C=O) groups is 1. The van der Waals surface area contributed by atoms with Gasteiger partial charge in [-0.15, -0.1) is 0 Å². The fraction of sp³-hybridized carbons (Fsp3) is 0.412. The molecule has 26 heavy (non-hydrogen) atoms. The monoisotopic (exact) mass is 396 g/mol. The molecule has 1 aromatic heterocycles. The highest BCUT2D eigenvalue weighted by Gasteiger charge is 2.34. The second-order valence-corrected chi connectivity index (χ2v) is 8.68. The molecule has 1 amide bonds. The molecule has 0 bridgehead atoms. The number of sulfonamides is 1. The van der Waals surface area contributed by atoms with Crippen LogP contribution in [0.3, 0.4) is 0 Å². The molecular weight excluding hydrogens is 376 g/mol. The van der Waals surface area contributed by atoms with E-state index in [4.69, 9.17) is 11.6 Å². The van der Waals surface area contributed by atoms with E-state index in [0.717, 1.165) is 5.56 Å². The summed E-state index contributed by atoms with van der Waals surface area (Å²) in [5.74, 6) is -0.546. The molecule has 3 rings (SSSR count). The zero-order chi connectivity index (χ0) is 18.7. The van der Waals surface area contributed by atoms with Crippen LogP contribution < -0.4 is 5.32 Å². The molecule has 9 heteroatoms. The van der Waals surface area contributed by atoms with Gasteiger partial charge in [-0.25, -0.2) is 13.4 Å². The van der Waals surface area contributed by atoms with Crippen LogP contribution in [-0.2, 0) is 28.4 Å². The van der Waals surface area contributed by atoms with Crippen LogP contribution in [0.2, 0.25) is 5.02 Å². The second-order valence-electron chi connectivity index (χ2n) is 6.39. The number of hydrogen-bond acceptors (Lipinski definition) is 4. The molecule has 2 heterocycles. The Bertz CT molecular complexity index is 897. The number of imidazole rings is 1. The van der Waals surface area contributed by atoms with E-state index in [2.05, 4.69) is 10.3 Å². The Labute approximate surface area is 158 Å². The first-order valence-corrected chi connectivity index (χ1v) is 10.2. The minimum absolute atomic E-state index is 0.0112. The van der Waals surface area contributed by atoms with E-state index in [1.807, 2.05) is 18.2 Å². The lowest BCUT2D eigenvalue weighted by atomic mass is 9.99. The molecular formula is C17H21ClN4O3S. The van der Waals surface area contributed by atoms with Gasteiger partial charge in [-0.1, -0.05) is 29.8 Å². The van der Waals surface area contributed by atoms with Gasteiger partial charge in [0.2, 0.25) is 5.91 Å². The van der Waals surface area contributed by atoms with E-state index in [1.54, 1.807) is 17.7 Å². The Kier molecular flexibility index (Phi) is 5.64. The zero-order valence-corrected chi connectivity index (χ0v) is 16.0. The zero-order valence-electron chi connectivity index (χ0n) is 14.4. The van der Waals surface area contributed by atoms with Crippen LogP contribution in [0.5, 0.6) is 0 Å². The van der Waals surface area contributed by atoms with Crippen molar-refractivity contribution in [2.75, 3.05) is 13.1 Å². The van der Waals surface area contributed by atoms with E-state index in [9.17, 15) is 13.2 Å². The molecule has 2 aromatic rings. The summed E-state index contributed by atoms with van der Waals surface area (Å²) >= 11 is 6.10. The molecule has 1 unspecified atom stereocenters. The molecule has 1 aliphatic heterocycles. The van der Waals surface area contributed by atoms with E-state index in [0.29, 0.717) is 31.0 Å². The van der Waals surface area contributed by atoms with Gasteiger partial charge in [0.15, 0.2) is 5.03 Å².